The molecule has 0 unspecified atom stereocenters. The number of nitriles is 1. The van der Waals surface area contributed by atoms with Crippen LogP contribution in [0.15, 0.2) is 42.7 Å². The minimum Gasteiger partial charge on any atom is -0.353 e. The molecule has 7 heteroatoms. The number of aromatic nitrogens is 2. The molecule has 0 bridgehead atoms. The largest absolute Gasteiger partial charge is 0.353 e. The van der Waals surface area contributed by atoms with Crippen LogP contribution in [-0.4, -0.2) is 53.6 Å². The van der Waals surface area contributed by atoms with Gasteiger partial charge in [-0.1, -0.05) is 6.07 Å². The maximum Gasteiger partial charge on any atom is 0.317 e. The lowest BCUT2D eigenvalue weighted by Gasteiger charge is -2.35. The summed E-state index contributed by atoms with van der Waals surface area (Å²) in [5.74, 6) is 0.786. The van der Waals surface area contributed by atoms with Gasteiger partial charge in [0.1, 0.15) is 5.82 Å². The molecule has 1 aliphatic heterocycles. The van der Waals surface area contributed by atoms with E-state index in [1.807, 2.05) is 23.1 Å². The van der Waals surface area contributed by atoms with Gasteiger partial charge in [-0.05, 0) is 24.3 Å². The summed E-state index contributed by atoms with van der Waals surface area (Å²) in [5.41, 5.74) is 1.57. The van der Waals surface area contributed by atoms with Crippen molar-refractivity contribution >= 4 is 11.8 Å². The number of nitrogens with one attached hydrogen (secondary N) is 1. The van der Waals surface area contributed by atoms with E-state index in [0.717, 1.165) is 17.9 Å². The van der Waals surface area contributed by atoms with E-state index in [2.05, 4.69) is 26.3 Å². The van der Waals surface area contributed by atoms with Crippen LogP contribution >= 0.6 is 0 Å². The number of amides is 2. The fourth-order valence-corrected chi connectivity index (χ4v) is 2.75. The van der Waals surface area contributed by atoms with Crippen molar-refractivity contribution < 1.29 is 4.79 Å². The van der Waals surface area contributed by atoms with Crippen LogP contribution in [0.25, 0.3) is 0 Å². The maximum absolute atomic E-state index is 12.2. The van der Waals surface area contributed by atoms with Gasteiger partial charge in [-0.15, -0.1) is 0 Å². The van der Waals surface area contributed by atoms with Crippen molar-refractivity contribution in [2.75, 3.05) is 37.6 Å². The number of carbonyl (C=O) groups excluding carboxylic acids is 1. The van der Waals surface area contributed by atoms with Crippen LogP contribution in [0.5, 0.6) is 0 Å². The molecular weight excluding hydrogens is 316 g/mol. The Labute approximate surface area is 146 Å². The predicted octanol–water partition coefficient (Wildman–Crippen LogP) is 1.42. The average molecular weight is 336 g/mol. The lowest BCUT2D eigenvalue weighted by molar-refractivity contribution is 0.194. The van der Waals surface area contributed by atoms with E-state index in [9.17, 15) is 4.79 Å². The molecular formula is C18H20N6O. The molecule has 2 aromatic heterocycles. The molecule has 2 aromatic rings. The van der Waals surface area contributed by atoms with E-state index in [-0.39, 0.29) is 6.03 Å². The summed E-state index contributed by atoms with van der Waals surface area (Å²) < 4.78 is 0. The Morgan fingerprint density at radius 2 is 2.00 bits per heavy atom. The topological polar surface area (TPSA) is 85.2 Å². The van der Waals surface area contributed by atoms with Gasteiger partial charge in [0.25, 0.3) is 0 Å². The van der Waals surface area contributed by atoms with E-state index in [0.29, 0.717) is 38.3 Å². The Hall–Kier alpha value is -3.14. The van der Waals surface area contributed by atoms with E-state index in [1.165, 1.54) is 0 Å². The number of urea groups is 1. The summed E-state index contributed by atoms with van der Waals surface area (Å²) in [6.07, 6.45) is 4.12. The Bertz CT molecular complexity index is 750. The molecule has 2 amide bonds. The third-order valence-corrected chi connectivity index (χ3v) is 4.15. The zero-order chi connectivity index (χ0) is 17.5. The summed E-state index contributed by atoms with van der Waals surface area (Å²) in [4.78, 5) is 24.7. The molecule has 0 aromatic carbocycles. The lowest BCUT2D eigenvalue weighted by Crippen LogP contribution is -2.52. The Morgan fingerprint density at radius 3 is 2.72 bits per heavy atom. The highest BCUT2D eigenvalue weighted by Crippen LogP contribution is 2.14. The van der Waals surface area contributed by atoms with E-state index >= 15 is 0 Å². The van der Waals surface area contributed by atoms with Crippen molar-refractivity contribution in [1.29, 1.82) is 5.26 Å². The molecule has 128 valence electrons. The number of nitrogens with zero attached hydrogens (tertiary/aromatic N) is 5. The summed E-state index contributed by atoms with van der Waals surface area (Å²) in [7, 11) is 0. The Kier molecular flexibility index (Phi) is 5.42. The number of hydrogen-bond acceptors (Lipinski definition) is 5. The second-order valence-corrected chi connectivity index (χ2v) is 5.79. The molecule has 3 rings (SSSR count). The number of hydrogen-bond donors (Lipinski definition) is 1. The molecule has 1 saturated heterocycles. The predicted molar refractivity (Wildman–Crippen MR) is 94.1 cm³/mol. The number of pyridine rings is 2. The van der Waals surface area contributed by atoms with E-state index in [1.54, 1.807) is 24.5 Å². The Balaban J connectivity index is 1.45. The third-order valence-electron chi connectivity index (χ3n) is 4.15. The van der Waals surface area contributed by atoms with E-state index < -0.39 is 0 Å². The van der Waals surface area contributed by atoms with Crippen LogP contribution in [0.4, 0.5) is 10.6 Å². The lowest BCUT2D eigenvalue weighted by atomic mass is 10.2. The molecule has 1 aliphatic rings. The molecule has 0 saturated carbocycles. The summed E-state index contributed by atoms with van der Waals surface area (Å²) >= 11 is 0. The molecule has 0 radical (unpaired) electrons. The van der Waals surface area contributed by atoms with Gasteiger partial charge in [-0.3, -0.25) is 4.98 Å². The molecule has 1 N–H and O–H groups in total. The third kappa shape index (κ3) is 4.44. The molecule has 0 aliphatic carbocycles. The number of carbonyl (C=O) groups is 1. The van der Waals surface area contributed by atoms with Gasteiger partial charge in [-0.2, -0.15) is 5.26 Å². The first kappa shape index (κ1) is 16.7. The molecule has 25 heavy (non-hydrogen) atoms. The molecule has 7 nitrogen and oxygen atoms in total. The SMILES string of the molecule is N#Cc1ccnc(N2CCN(C(=O)NCCc3ccccn3)CC2)c1. The van der Waals surface area contributed by atoms with Crippen molar-refractivity contribution in [3.8, 4) is 6.07 Å². The van der Waals surface area contributed by atoms with Gasteiger partial charge in [0.15, 0.2) is 0 Å². The van der Waals surface area contributed by atoms with Crippen LogP contribution in [-0.2, 0) is 6.42 Å². The van der Waals surface area contributed by atoms with Crippen LogP contribution in [0, 0.1) is 11.3 Å². The van der Waals surface area contributed by atoms with Gasteiger partial charge in [0, 0.05) is 57.2 Å². The number of anilines is 1. The first-order valence-electron chi connectivity index (χ1n) is 8.30. The van der Waals surface area contributed by atoms with Gasteiger partial charge in [0.05, 0.1) is 11.6 Å². The van der Waals surface area contributed by atoms with Gasteiger partial charge in [-0.25, -0.2) is 9.78 Å². The fourth-order valence-electron chi connectivity index (χ4n) is 2.75. The van der Waals surface area contributed by atoms with Gasteiger partial charge in [0.2, 0.25) is 0 Å². The van der Waals surface area contributed by atoms with Crippen molar-refractivity contribution in [3.05, 3.63) is 54.0 Å². The van der Waals surface area contributed by atoms with Crippen LogP contribution < -0.4 is 10.2 Å². The highest BCUT2D eigenvalue weighted by atomic mass is 16.2. The van der Waals surface area contributed by atoms with Crippen molar-refractivity contribution in [2.24, 2.45) is 0 Å². The minimum atomic E-state index is -0.0469. The van der Waals surface area contributed by atoms with Crippen LogP contribution in [0.2, 0.25) is 0 Å². The van der Waals surface area contributed by atoms with Crippen molar-refractivity contribution in [3.63, 3.8) is 0 Å². The second kappa shape index (κ2) is 8.11. The summed E-state index contributed by atoms with van der Waals surface area (Å²) in [5, 5.41) is 11.9. The van der Waals surface area contributed by atoms with Gasteiger partial charge >= 0.3 is 6.03 Å². The normalized spacial score (nSPS) is 14.0. The zero-order valence-electron chi connectivity index (χ0n) is 13.9. The van der Waals surface area contributed by atoms with E-state index in [4.69, 9.17) is 5.26 Å². The number of rotatable bonds is 4. The highest BCUT2D eigenvalue weighted by molar-refractivity contribution is 5.74. The molecule has 1 fully saturated rings. The Morgan fingerprint density at radius 1 is 1.16 bits per heavy atom. The second-order valence-electron chi connectivity index (χ2n) is 5.79. The smallest absolute Gasteiger partial charge is 0.317 e. The first-order valence-corrected chi connectivity index (χ1v) is 8.30. The molecule has 0 spiro atoms. The minimum absolute atomic E-state index is 0.0469. The number of piperazine rings is 1. The van der Waals surface area contributed by atoms with Crippen LogP contribution in [0.1, 0.15) is 11.3 Å². The van der Waals surface area contributed by atoms with Crippen LogP contribution in [0.3, 0.4) is 0 Å². The highest BCUT2D eigenvalue weighted by Gasteiger charge is 2.21. The molecule has 3 heterocycles. The van der Waals surface area contributed by atoms with Crippen molar-refractivity contribution in [2.45, 2.75) is 6.42 Å². The zero-order valence-corrected chi connectivity index (χ0v) is 13.9. The van der Waals surface area contributed by atoms with Crippen molar-refractivity contribution in [1.82, 2.24) is 20.2 Å². The van der Waals surface area contributed by atoms with Gasteiger partial charge < -0.3 is 15.1 Å². The monoisotopic (exact) mass is 336 g/mol. The first-order chi connectivity index (χ1) is 12.3. The standard InChI is InChI=1S/C18H20N6O/c19-14-15-4-7-21-17(13-15)23-9-11-24(12-10-23)18(25)22-8-5-16-3-1-2-6-20-16/h1-4,6-7,13H,5,8-12H2,(H,22,25). The summed E-state index contributed by atoms with van der Waals surface area (Å²) in [6.45, 7) is 3.24. The maximum atomic E-state index is 12.2. The average Bonchev–Trinajstić information content (AvgIpc) is 2.69. The quantitative estimate of drug-likeness (QED) is 0.913. The summed E-state index contributed by atoms with van der Waals surface area (Å²) in [6, 6.07) is 11.3. The molecule has 0 atom stereocenters. The fraction of sp³-hybridized carbons (Fsp3) is 0.333.